The highest BCUT2D eigenvalue weighted by atomic mass is 33.1. The van der Waals surface area contributed by atoms with Gasteiger partial charge in [-0.15, -0.1) is 0 Å². The fourth-order valence-corrected chi connectivity index (χ4v) is 5.34. The Balaban J connectivity index is 1.48. The lowest BCUT2D eigenvalue weighted by molar-refractivity contribution is -0.0123. The van der Waals surface area contributed by atoms with Gasteiger partial charge in [-0.3, -0.25) is 0 Å². The monoisotopic (exact) mass is 474 g/mol. The van der Waals surface area contributed by atoms with Crippen molar-refractivity contribution in [3.63, 3.8) is 0 Å². The molecule has 8 heteroatoms. The molecule has 32 heavy (non-hydrogen) atoms. The molecule has 0 radical (unpaired) electrons. The van der Waals surface area contributed by atoms with E-state index in [1.807, 2.05) is 43.4 Å². The Morgan fingerprint density at radius 2 is 1.94 bits per heavy atom. The highest BCUT2D eigenvalue weighted by Crippen LogP contribution is 2.27. The van der Waals surface area contributed by atoms with E-state index < -0.39 is 21.1 Å². The second kappa shape index (κ2) is 11.7. The van der Waals surface area contributed by atoms with Gasteiger partial charge in [0, 0.05) is 22.8 Å². The second-order valence-corrected chi connectivity index (χ2v) is 11.2. The first kappa shape index (κ1) is 24.5. The van der Waals surface area contributed by atoms with Gasteiger partial charge >= 0.3 is 0 Å². The maximum absolute atomic E-state index is 12.3. The van der Waals surface area contributed by atoms with Crippen LogP contribution in [0.3, 0.4) is 0 Å². The van der Waals surface area contributed by atoms with Crippen molar-refractivity contribution in [3.8, 4) is 11.8 Å². The Labute approximate surface area is 192 Å². The molecule has 1 aromatic carbocycles. The smallest absolute Gasteiger partial charge is 0.232 e. The predicted octanol–water partition coefficient (Wildman–Crippen LogP) is 2.88. The van der Waals surface area contributed by atoms with Crippen LogP contribution in [0.5, 0.6) is 0 Å². The second-order valence-electron chi connectivity index (χ2n) is 7.31. The maximum atomic E-state index is 12.3. The van der Waals surface area contributed by atoms with E-state index in [4.69, 9.17) is 9.47 Å². The molecule has 1 aliphatic carbocycles. The van der Waals surface area contributed by atoms with Gasteiger partial charge in [0.1, 0.15) is 18.6 Å². The van der Waals surface area contributed by atoms with Gasteiger partial charge in [0.15, 0.2) is 0 Å². The molecule has 3 rings (SSSR count). The van der Waals surface area contributed by atoms with Crippen LogP contribution in [-0.2, 0) is 18.3 Å². The molecule has 0 saturated carbocycles. The lowest BCUT2D eigenvalue weighted by Crippen LogP contribution is -2.24. The van der Waals surface area contributed by atoms with E-state index in [-0.39, 0.29) is 30.2 Å². The quantitative estimate of drug-likeness (QED) is 0.272. The van der Waals surface area contributed by atoms with Gasteiger partial charge in [0.2, 0.25) is 8.87 Å². The normalized spacial score (nSPS) is 25.7. The van der Waals surface area contributed by atoms with Crippen molar-refractivity contribution in [3.05, 3.63) is 77.4 Å². The Morgan fingerprint density at radius 1 is 1.19 bits per heavy atom. The van der Waals surface area contributed by atoms with E-state index in [1.165, 1.54) is 0 Å². The zero-order valence-electron chi connectivity index (χ0n) is 17.7. The van der Waals surface area contributed by atoms with Gasteiger partial charge < -0.3 is 19.7 Å². The number of allylic oxidation sites excluding steroid dienone is 6. The minimum absolute atomic E-state index is 0.0140. The molecule has 1 aromatic rings. The van der Waals surface area contributed by atoms with Crippen molar-refractivity contribution in [2.45, 2.75) is 36.6 Å². The lowest BCUT2D eigenvalue weighted by atomic mass is 10.0. The first-order valence-electron chi connectivity index (χ1n) is 10.1. The molecule has 1 fully saturated rings. The summed E-state index contributed by atoms with van der Waals surface area (Å²) in [6.45, 7) is 1.79. The topological polar surface area (TPSA) is 93.1 Å². The molecule has 2 aliphatic rings. The SMILES string of the molecule is Cc1ccc(S(=O)(=O)SCOCC#CC2=C/C=C\C=C(\C3CC(O)C(CO)O3)C=C2)cc1. The van der Waals surface area contributed by atoms with E-state index in [9.17, 15) is 18.6 Å². The zero-order chi connectivity index (χ0) is 23.0. The molecular weight excluding hydrogens is 448 g/mol. The van der Waals surface area contributed by atoms with Gasteiger partial charge in [-0.05, 0) is 36.8 Å². The number of hydrogen-bond donors (Lipinski definition) is 2. The molecule has 3 unspecified atom stereocenters. The van der Waals surface area contributed by atoms with E-state index in [2.05, 4.69) is 11.8 Å². The molecule has 0 bridgehead atoms. The molecule has 0 spiro atoms. The van der Waals surface area contributed by atoms with Crippen molar-refractivity contribution in [1.82, 2.24) is 0 Å². The fraction of sp³-hybridized carbons (Fsp3) is 0.333. The Hall–Kier alpha value is -2.12. The number of hydrogen-bond acceptors (Lipinski definition) is 7. The van der Waals surface area contributed by atoms with Crippen LogP contribution in [0.1, 0.15) is 12.0 Å². The third-order valence-corrected chi connectivity index (χ3v) is 8.13. The third-order valence-electron chi connectivity index (χ3n) is 4.91. The molecule has 6 nitrogen and oxygen atoms in total. The largest absolute Gasteiger partial charge is 0.394 e. The molecule has 0 aromatic heterocycles. The molecule has 1 saturated heterocycles. The number of rotatable bonds is 7. The standard InChI is InChI=1S/C24H26O6S2/c1-18-8-12-21(13-9-18)32(27,28)31-17-29-14-4-6-19-5-2-3-7-20(11-10-19)23-15-22(26)24(16-25)30-23/h2-3,5,7-13,22-26H,14-17H2,1H3/b3-2-,5-2?,7-3?,11-10?,19-5?,19-10?,20-7+,20-11?. The Bertz CT molecular complexity index is 1070. The molecular formula is C24H26O6S2. The van der Waals surface area contributed by atoms with Crippen molar-refractivity contribution in [2.75, 3.05) is 19.2 Å². The van der Waals surface area contributed by atoms with Crippen molar-refractivity contribution >= 4 is 19.7 Å². The summed E-state index contributed by atoms with van der Waals surface area (Å²) in [7, 11) is -2.73. The number of aliphatic hydroxyl groups is 2. The van der Waals surface area contributed by atoms with Crippen LogP contribution in [0, 0.1) is 18.8 Å². The van der Waals surface area contributed by atoms with Crippen LogP contribution in [0.25, 0.3) is 0 Å². The fourth-order valence-electron chi connectivity index (χ4n) is 3.13. The van der Waals surface area contributed by atoms with E-state index in [0.717, 1.165) is 27.5 Å². The van der Waals surface area contributed by atoms with Crippen molar-refractivity contribution in [2.24, 2.45) is 0 Å². The zero-order valence-corrected chi connectivity index (χ0v) is 19.3. The van der Waals surface area contributed by atoms with Gasteiger partial charge in [-0.2, -0.15) is 0 Å². The van der Waals surface area contributed by atoms with Gasteiger partial charge in [0.25, 0.3) is 0 Å². The molecule has 2 N–H and O–H groups in total. The Morgan fingerprint density at radius 3 is 2.66 bits per heavy atom. The molecule has 3 atom stereocenters. The van der Waals surface area contributed by atoms with Gasteiger partial charge in [0.05, 0.1) is 23.7 Å². The summed E-state index contributed by atoms with van der Waals surface area (Å²) >= 11 is 0. The van der Waals surface area contributed by atoms with Crippen LogP contribution >= 0.6 is 10.8 Å². The summed E-state index contributed by atoms with van der Waals surface area (Å²) in [6.07, 6.45) is 10.1. The molecule has 1 heterocycles. The average molecular weight is 475 g/mol. The highest BCUT2D eigenvalue weighted by molar-refractivity contribution is 8.72. The van der Waals surface area contributed by atoms with Crippen molar-refractivity contribution in [1.29, 1.82) is 0 Å². The third kappa shape index (κ3) is 6.94. The Kier molecular flexibility index (Phi) is 8.93. The minimum atomic E-state index is -3.46. The first-order valence-corrected chi connectivity index (χ1v) is 13.1. The summed E-state index contributed by atoms with van der Waals surface area (Å²) in [5.41, 5.74) is 2.64. The van der Waals surface area contributed by atoms with Crippen LogP contribution in [0.4, 0.5) is 0 Å². The minimum Gasteiger partial charge on any atom is -0.394 e. The molecule has 0 amide bonds. The van der Waals surface area contributed by atoms with Crippen molar-refractivity contribution < 1.29 is 28.1 Å². The van der Waals surface area contributed by atoms with E-state index >= 15 is 0 Å². The van der Waals surface area contributed by atoms with Gasteiger partial charge in [-0.1, -0.05) is 53.8 Å². The van der Waals surface area contributed by atoms with Crippen LogP contribution in [-0.4, -0.2) is 56.1 Å². The van der Waals surface area contributed by atoms with E-state index in [0.29, 0.717) is 6.42 Å². The summed E-state index contributed by atoms with van der Waals surface area (Å²) in [4.78, 5) is 0.257. The van der Waals surface area contributed by atoms with Crippen LogP contribution in [0.15, 0.2) is 76.8 Å². The summed E-state index contributed by atoms with van der Waals surface area (Å²) in [5, 5.41) is 19.2. The molecule has 1 aliphatic heterocycles. The van der Waals surface area contributed by atoms with Crippen LogP contribution in [0.2, 0.25) is 0 Å². The highest BCUT2D eigenvalue weighted by Gasteiger charge is 2.34. The summed E-state index contributed by atoms with van der Waals surface area (Å²) in [5.74, 6) is 5.87. The number of aryl methyl sites for hydroxylation is 1. The predicted molar refractivity (Wildman–Crippen MR) is 125 cm³/mol. The number of benzene rings is 1. The summed E-state index contributed by atoms with van der Waals surface area (Å²) < 4.78 is 35.6. The van der Waals surface area contributed by atoms with Gasteiger partial charge in [-0.25, -0.2) is 8.42 Å². The molecule has 170 valence electrons. The number of ether oxygens (including phenoxy) is 2. The summed E-state index contributed by atoms with van der Waals surface area (Å²) in [6, 6.07) is 6.69. The lowest BCUT2D eigenvalue weighted by Gasteiger charge is -2.13. The van der Waals surface area contributed by atoms with Crippen LogP contribution < -0.4 is 0 Å². The maximum Gasteiger partial charge on any atom is 0.232 e. The first-order chi connectivity index (χ1) is 15.4. The number of aliphatic hydroxyl groups excluding tert-OH is 2. The average Bonchev–Trinajstić information content (AvgIpc) is 3.12. The van der Waals surface area contributed by atoms with E-state index in [1.54, 1.807) is 24.3 Å².